The van der Waals surface area contributed by atoms with E-state index in [9.17, 15) is 5.11 Å². The number of hydrogen-bond donors (Lipinski definition) is 3. The molecule has 0 fully saturated rings. The zero-order chi connectivity index (χ0) is 16.2. The van der Waals surface area contributed by atoms with Gasteiger partial charge in [0.25, 0.3) is 0 Å². The molecule has 0 saturated heterocycles. The first kappa shape index (κ1) is 18.4. The fourth-order valence-electron chi connectivity index (χ4n) is 1.98. The van der Waals surface area contributed by atoms with Gasteiger partial charge in [-0.3, -0.25) is 0 Å². The van der Waals surface area contributed by atoms with E-state index in [2.05, 4.69) is 5.73 Å². The minimum atomic E-state index is -0.722. The first-order valence-corrected chi connectivity index (χ1v) is 7.26. The van der Waals surface area contributed by atoms with Gasteiger partial charge in [0.15, 0.2) is 0 Å². The summed E-state index contributed by atoms with van der Waals surface area (Å²) in [5.74, 6) is 0.564. The Balaban J connectivity index is 2.75. The Morgan fingerprint density at radius 3 is 2.73 bits per heavy atom. The van der Waals surface area contributed by atoms with Crippen LogP contribution in [0.3, 0.4) is 0 Å². The van der Waals surface area contributed by atoms with Crippen LogP contribution in [-0.2, 0) is 4.74 Å². The second kappa shape index (κ2) is 11.0. The highest BCUT2D eigenvalue weighted by molar-refractivity contribution is 5.35. The van der Waals surface area contributed by atoms with E-state index in [0.717, 1.165) is 5.57 Å². The number of aliphatic hydroxyl groups excluding tert-OH is 3. The molecule has 0 bridgehead atoms. The minimum absolute atomic E-state index is 0.0416. The van der Waals surface area contributed by atoms with Gasteiger partial charge in [0.1, 0.15) is 12.4 Å². The lowest BCUT2D eigenvalue weighted by Crippen LogP contribution is -2.06. The molecule has 122 valence electrons. The average molecular weight is 308 g/mol. The second-order valence-corrected chi connectivity index (χ2v) is 4.72. The molecule has 0 aliphatic rings. The van der Waals surface area contributed by atoms with Crippen LogP contribution < -0.4 is 4.74 Å². The summed E-state index contributed by atoms with van der Waals surface area (Å²) in [4.78, 5) is 0. The van der Waals surface area contributed by atoms with Gasteiger partial charge in [-0.15, -0.1) is 5.73 Å². The summed E-state index contributed by atoms with van der Waals surface area (Å²) >= 11 is 0. The number of aliphatic hydroxyl groups is 3. The lowest BCUT2D eigenvalue weighted by Gasteiger charge is -2.14. The molecule has 1 aromatic rings. The molecule has 0 spiro atoms. The highest BCUT2D eigenvalue weighted by atomic mass is 16.5. The predicted molar refractivity (Wildman–Crippen MR) is 83.8 cm³/mol. The van der Waals surface area contributed by atoms with Crippen LogP contribution in [0.2, 0.25) is 0 Å². The van der Waals surface area contributed by atoms with Gasteiger partial charge in [0, 0.05) is 32.1 Å². The largest absolute Gasteiger partial charge is 0.491 e. The summed E-state index contributed by atoms with van der Waals surface area (Å²) in [6, 6.07) is 7.19. The van der Waals surface area contributed by atoms with Crippen LogP contribution in [0.4, 0.5) is 0 Å². The quantitative estimate of drug-likeness (QED) is 0.572. The maximum Gasteiger partial charge on any atom is 0.125 e. The van der Waals surface area contributed by atoms with E-state index in [-0.39, 0.29) is 19.8 Å². The number of hydrogen-bond acceptors (Lipinski definition) is 5. The van der Waals surface area contributed by atoms with Crippen molar-refractivity contribution in [3.63, 3.8) is 0 Å². The molecule has 0 radical (unpaired) electrons. The molecule has 1 atom stereocenters. The first-order valence-electron chi connectivity index (χ1n) is 7.26. The molecule has 1 rings (SSSR count). The van der Waals surface area contributed by atoms with Gasteiger partial charge in [0.2, 0.25) is 0 Å². The fraction of sp³-hybridized carbons (Fsp3) is 0.471. The van der Waals surface area contributed by atoms with Crippen molar-refractivity contribution in [2.45, 2.75) is 18.9 Å². The number of benzene rings is 1. The molecular weight excluding hydrogens is 284 g/mol. The van der Waals surface area contributed by atoms with Crippen LogP contribution in [0.15, 0.2) is 41.6 Å². The zero-order valence-corrected chi connectivity index (χ0v) is 12.9. The summed E-state index contributed by atoms with van der Waals surface area (Å²) in [5.41, 5.74) is 4.57. The van der Waals surface area contributed by atoms with E-state index in [4.69, 9.17) is 19.7 Å². The van der Waals surface area contributed by atoms with Gasteiger partial charge >= 0.3 is 0 Å². The maximum atomic E-state index is 10.3. The molecule has 0 saturated carbocycles. The van der Waals surface area contributed by atoms with Gasteiger partial charge in [-0.1, -0.05) is 18.2 Å². The van der Waals surface area contributed by atoms with E-state index in [1.165, 1.54) is 0 Å². The van der Waals surface area contributed by atoms with Gasteiger partial charge in [-0.25, -0.2) is 0 Å². The third kappa shape index (κ3) is 6.43. The lowest BCUT2D eigenvalue weighted by atomic mass is 10.1. The molecule has 1 aromatic carbocycles. The van der Waals surface area contributed by atoms with Gasteiger partial charge < -0.3 is 24.8 Å². The summed E-state index contributed by atoms with van der Waals surface area (Å²) in [6.07, 6.45) is 1.88. The Bertz CT molecular complexity index is 484. The number of para-hydroxylation sites is 1. The second-order valence-electron chi connectivity index (χ2n) is 4.72. The van der Waals surface area contributed by atoms with Gasteiger partial charge in [0.05, 0.1) is 19.3 Å². The standard InChI is InChI=1S/C17H24O5/c1-21-13-14(9-10-18)5-4-7-16(20)15-6-2-3-8-17(15)22-12-11-19/h2-4,6,8,16,18-20H,7,9-13H2,1H3/t5?,16-/m1/s1. The first-order chi connectivity index (χ1) is 10.7. The smallest absolute Gasteiger partial charge is 0.125 e. The van der Waals surface area contributed by atoms with Crippen molar-refractivity contribution in [2.24, 2.45) is 0 Å². The van der Waals surface area contributed by atoms with Crippen LogP contribution >= 0.6 is 0 Å². The molecule has 0 unspecified atom stereocenters. The molecule has 0 heterocycles. The molecule has 0 aliphatic carbocycles. The van der Waals surface area contributed by atoms with Gasteiger partial charge in [-0.2, -0.15) is 0 Å². The average Bonchev–Trinajstić information content (AvgIpc) is 2.53. The van der Waals surface area contributed by atoms with Crippen molar-refractivity contribution in [3.05, 3.63) is 47.2 Å². The normalized spacial score (nSPS) is 11.6. The zero-order valence-electron chi connectivity index (χ0n) is 12.9. The number of ether oxygens (including phenoxy) is 2. The van der Waals surface area contributed by atoms with Crippen molar-refractivity contribution in [1.82, 2.24) is 0 Å². The monoisotopic (exact) mass is 308 g/mol. The van der Waals surface area contributed by atoms with Crippen molar-refractivity contribution in [3.8, 4) is 5.75 Å². The molecule has 0 aromatic heterocycles. The Hall–Kier alpha value is -1.62. The van der Waals surface area contributed by atoms with Crippen molar-refractivity contribution in [2.75, 3.05) is 33.5 Å². The molecule has 5 heteroatoms. The summed E-state index contributed by atoms with van der Waals surface area (Å²) in [7, 11) is 1.59. The van der Waals surface area contributed by atoms with Crippen LogP contribution in [-0.4, -0.2) is 48.9 Å². The molecular formula is C17H24O5. The minimum Gasteiger partial charge on any atom is -0.491 e. The highest BCUT2D eigenvalue weighted by Gasteiger charge is 2.11. The summed E-state index contributed by atoms with van der Waals surface area (Å²) in [5, 5.41) is 28.0. The summed E-state index contributed by atoms with van der Waals surface area (Å²) in [6.45, 7) is 0.561. The third-order valence-corrected chi connectivity index (χ3v) is 3.01. The van der Waals surface area contributed by atoms with Crippen LogP contribution in [0.1, 0.15) is 24.5 Å². The van der Waals surface area contributed by atoms with Crippen molar-refractivity contribution >= 4 is 0 Å². The molecule has 5 nitrogen and oxygen atoms in total. The fourth-order valence-corrected chi connectivity index (χ4v) is 1.98. The molecule has 22 heavy (non-hydrogen) atoms. The van der Waals surface area contributed by atoms with Crippen LogP contribution in [0.5, 0.6) is 5.75 Å². The van der Waals surface area contributed by atoms with E-state index < -0.39 is 6.10 Å². The van der Waals surface area contributed by atoms with Crippen LogP contribution in [0, 0.1) is 0 Å². The van der Waals surface area contributed by atoms with Crippen LogP contribution in [0.25, 0.3) is 0 Å². The van der Waals surface area contributed by atoms with Crippen molar-refractivity contribution in [1.29, 1.82) is 0 Å². The highest BCUT2D eigenvalue weighted by Crippen LogP contribution is 2.27. The summed E-state index contributed by atoms with van der Waals surface area (Å²) < 4.78 is 10.4. The Labute approximate surface area is 131 Å². The molecule has 3 N–H and O–H groups in total. The Kier molecular flexibility index (Phi) is 9.23. The predicted octanol–water partition coefficient (Wildman–Crippen LogP) is 1.59. The number of methoxy groups -OCH3 is 1. The molecule has 0 aliphatic heterocycles. The Morgan fingerprint density at radius 2 is 2.05 bits per heavy atom. The maximum absolute atomic E-state index is 10.3. The Morgan fingerprint density at radius 1 is 1.27 bits per heavy atom. The van der Waals surface area contributed by atoms with E-state index in [0.29, 0.717) is 30.8 Å². The van der Waals surface area contributed by atoms with Gasteiger partial charge in [-0.05, 0) is 17.7 Å². The topological polar surface area (TPSA) is 79.2 Å². The third-order valence-electron chi connectivity index (χ3n) is 3.01. The lowest BCUT2D eigenvalue weighted by molar-refractivity contribution is 0.166. The van der Waals surface area contributed by atoms with Crippen molar-refractivity contribution < 1.29 is 24.8 Å². The molecule has 0 amide bonds. The van der Waals surface area contributed by atoms with E-state index in [1.807, 2.05) is 12.1 Å². The van der Waals surface area contributed by atoms with E-state index >= 15 is 0 Å². The SMILES string of the molecule is COCC(=C=CC[C@@H](O)c1ccccc1OCCO)CCO. The number of rotatable bonds is 10. The van der Waals surface area contributed by atoms with E-state index in [1.54, 1.807) is 25.3 Å².